The molecule has 1 aliphatic heterocycles. The van der Waals surface area contributed by atoms with Gasteiger partial charge in [0.1, 0.15) is 6.10 Å². The van der Waals surface area contributed by atoms with Gasteiger partial charge in [-0.1, -0.05) is 12.1 Å². The lowest BCUT2D eigenvalue weighted by Gasteiger charge is -2.24. The predicted molar refractivity (Wildman–Crippen MR) is 72.9 cm³/mol. The molecule has 18 heavy (non-hydrogen) atoms. The Kier molecular flexibility index (Phi) is 5.16. The Morgan fingerprint density at radius 1 is 1.44 bits per heavy atom. The number of hydrogen-bond donors (Lipinski definition) is 1. The van der Waals surface area contributed by atoms with Gasteiger partial charge in [0.2, 0.25) is 0 Å². The Balaban J connectivity index is 2.12. The Bertz CT molecular complexity index is 380. The fourth-order valence-corrected chi connectivity index (χ4v) is 3.11. The van der Waals surface area contributed by atoms with Gasteiger partial charge in [-0.15, -0.1) is 0 Å². The maximum atomic E-state index is 6.02. The number of nitrogens with two attached hydrogens (primary N) is 1. The normalized spacial score (nSPS) is 19.6. The zero-order valence-electron chi connectivity index (χ0n) is 10.6. The van der Waals surface area contributed by atoms with Crippen LogP contribution in [0.15, 0.2) is 18.2 Å². The van der Waals surface area contributed by atoms with Gasteiger partial charge in [0.25, 0.3) is 0 Å². The van der Waals surface area contributed by atoms with E-state index in [0.717, 1.165) is 29.2 Å². The van der Waals surface area contributed by atoms with Crippen LogP contribution in [0.4, 0.5) is 0 Å². The molecule has 0 bridgehead atoms. The first kappa shape index (κ1) is 13.5. The van der Waals surface area contributed by atoms with Crippen molar-refractivity contribution in [2.45, 2.75) is 25.6 Å². The first-order chi connectivity index (χ1) is 8.85. The number of methoxy groups -OCH3 is 1. The van der Waals surface area contributed by atoms with Gasteiger partial charge < -0.3 is 9.47 Å². The summed E-state index contributed by atoms with van der Waals surface area (Å²) in [7, 11) is 1.64. The summed E-state index contributed by atoms with van der Waals surface area (Å²) in [6, 6.07) is 5.79. The maximum absolute atomic E-state index is 6.02. The molecule has 0 spiro atoms. The topological polar surface area (TPSA) is 53.7 Å². The molecule has 100 valence electrons. The summed E-state index contributed by atoms with van der Waals surface area (Å²) in [5.41, 5.74) is 0.904. The van der Waals surface area contributed by atoms with Gasteiger partial charge in [-0.2, -0.15) is 11.8 Å². The number of benzene rings is 1. The van der Waals surface area contributed by atoms with E-state index < -0.39 is 0 Å². The average molecular weight is 269 g/mol. The minimum Gasteiger partial charge on any atom is -0.492 e. The van der Waals surface area contributed by atoms with Crippen molar-refractivity contribution in [2.24, 2.45) is 5.90 Å². The van der Waals surface area contributed by atoms with Gasteiger partial charge in [-0.25, -0.2) is 5.90 Å². The number of thioether (sulfide) groups is 1. The monoisotopic (exact) mass is 269 g/mol. The van der Waals surface area contributed by atoms with E-state index in [2.05, 4.69) is 4.84 Å². The van der Waals surface area contributed by atoms with E-state index in [1.807, 2.05) is 30.0 Å². The van der Waals surface area contributed by atoms with E-state index in [0.29, 0.717) is 6.61 Å². The van der Waals surface area contributed by atoms with Crippen molar-refractivity contribution in [3.8, 4) is 11.5 Å². The molecule has 1 atom stereocenters. The Morgan fingerprint density at radius 2 is 2.33 bits per heavy atom. The molecule has 1 fully saturated rings. The molecule has 1 aromatic carbocycles. The molecule has 4 nitrogen and oxygen atoms in total. The summed E-state index contributed by atoms with van der Waals surface area (Å²) in [5, 5.41) is 0. The Morgan fingerprint density at radius 3 is 3.00 bits per heavy atom. The average Bonchev–Trinajstić information content (AvgIpc) is 2.41. The van der Waals surface area contributed by atoms with E-state index in [9.17, 15) is 0 Å². The molecule has 2 rings (SSSR count). The summed E-state index contributed by atoms with van der Waals surface area (Å²) in [5.74, 6) is 8.89. The summed E-state index contributed by atoms with van der Waals surface area (Å²) < 4.78 is 11.4. The maximum Gasteiger partial charge on any atom is 0.166 e. The highest BCUT2D eigenvalue weighted by molar-refractivity contribution is 7.99. The lowest BCUT2D eigenvalue weighted by atomic mass is 10.2. The van der Waals surface area contributed by atoms with Gasteiger partial charge in [0.05, 0.1) is 13.7 Å². The van der Waals surface area contributed by atoms with E-state index in [4.69, 9.17) is 15.4 Å². The quantitative estimate of drug-likeness (QED) is 0.832. The summed E-state index contributed by atoms with van der Waals surface area (Å²) in [6.45, 7) is 0.319. The van der Waals surface area contributed by atoms with Gasteiger partial charge >= 0.3 is 0 Å². The second-order valence-electron chi connectivity index (χ2n) is 4.22. The van der Waals surface area contributed by atoms with Crippen LogP contribution in [-0.4, -0.2) is 24.7 Å². The van der Waals surface area contributed by atoms with Gasteiger partial charge in [-0.3, -0.25) is 4.84 Å². The van der Waals surface area contributed by atoms with Crippen molar-refractivity contribution in [1.82, 2.24) is 0 Å². The number of ether oxygens (including phenoxy) is 2. The zero-order chi connectivity index (χ0) is 12.8. The molecule has 0 saturated carbocycles. The van der Waals surface area contributed by atoms with Crippen molar-refractivity contribution < 1.29 is 14.3 Å². The standard InChI is InChI=1S/C13H19NO3S/c1-15-13-10(8-16-14)4-2-6-12(13)17-11-5-3-7-18-9-11/h2,4,6,11H,3,5,7-9,14H2,1H3. The van der Waals surface area contributed by atoms with Crippen LogP contribution in [-0.2, 0) is 11.4 Å². The molecule has 1 aromatic rings. The number of hydrogen-bond acceptors (Lipinski definition) is 5. The van der Waals surface area contributed by atoms with E-state index in [1.54, 1.807) is 7.11 Å². The first-order valence-electron chi connectivity index (χ1n) is 6.07. The first-order valence-corrected chi connectivity index (χ1v) is 7.22. The smallest absolute Gasteiger partial charge is 0.166 e. The Hall–Kier alpha value is -0.910. The van der Waals surface area contributed by atoms with Crippen LogP contribution >= 0.6 is 11.8 Å². The van der Waals surface area contributed by atoms with Crippen LogP contribution in [0, 0.1) is 0 Å². The molecular weight excluding hydrogens is 250 g/mol. The second kappa shape index (κ2) is 6.87. The van der Waals surface area contributed by atoms with Crippen LogP contribution in [0.1, 0.15) is 18.4 Å². The molecule has 0 amide bonds. The van der Waals surface area contributed by atoms with Crippen LogP contribution in [0.5, 0.6) is 11.5 Å². The summed E-state index contributed by atoms with van der Waals surface area (Å²) in [4.78, 5) is 4.68. The molecule has 2 N–H and O–H groups in total. The van der Waals surface area contributed by atoms with Gasteiger partial charge in [0, 0.05) is 11.3 Å². The lowest BCUT2D eigenvalue weighted by Crippen LogP contribution is -2.23. The molecule has 1 unspecified atom stereocenters. The second-order valence-corrected chi connectivity index (χ2v) is 5.37. The van der Waals surface area contributed by atoms with Crippen molar-refractivity contribution >= 4 is 11.8 Å². The molecule has 0 aromatic heterocycles. The number of rotatable bonds is 5. The summed E-state index contributed by atoms with van der Waals surface area (Å²) >= 11 is 1.94. The molecule has 0 aliphatic carbocycles. The SMILES string of the molecule is COc1c(CON)cccc1OC1CCCSC1. The summed E-state index contributed by atoms with van der Waals surface area (Å²) in [6.07, 6.45) is 2.59. The van der Waals surface area contributed by atoms with Crippen LogP contribution < -0.4 is 15.4 Å². The number of para-hydroxylation sites is 1. The molecule has 0 radical (unpaired) electrons. The van der Waals surface area contributed by atoms with Crippen LogP contribution in [0.2, 0.25) is 0 Å². The van der Waals surface area contributed by atoms with Crippen LogP contribution in [0.3, 0.4) is 0 Å². The van der Waals surface area contributed by atoms with Gasteiger partial charge in [-0.05, 0) is 24.7 Å². The van der Waals surface area contributed by atoms with Crippen molar-refractivity contribution in [3.63, 3.8) is 0 Å². The highest BCUT2D eigenvalue weighted by atomic mass is 32.2. The largest absolute Gasteiger partial charge is 0.492 e. The minimum absolute atomic E-state index is 0.270. The molecule has 5 heteroatoms. The van der Waals surface area contributed by atoms with Crippen molar-refractivity contribution in [3.05, 3.63) is 23.8 Å². The van der Waals surface area contributed by atoms with Crippen LogP contribution in [0.25, 0.3) is 0 Å². The van der Waals surface area contributed by atoms with Crippen molar-refractivity contribution in [2.75, 3.05) is 18.6 Å². The lowest BCUT2D eigenvalue weighted by molar-refractivity contribution is 0.121. The van der Waals surface area contributed by atoms with E-state index >= 15 is 0 Å². The molecule has 1 aliphatic rings. The highest BCUT2D eigenvalue weighted by Crippen LogP contribution is 2.33. The fraction of sp³-hybridized carbons (Fsp3) is 0.538. The molecule has 1 saturated heterocycles. The van der Waals surface area contributed by atoms with E-state index in [1.165, 1.54) is 12.2 Å². The third-order valence-corrected chi connectivity index (χ3v) is 4.10. The van der Waals surface area contributed by atoms with Crippen molar-refractivity contribution in [1.29, 1.82) is 0 Å². The molecular formula is C13H19NO3S. The third-order valence-electron chi connectivity index (χ3n) is 2.92. The van der Waals surface area contributed by atoms with Gasteiger partial charge in [0.15, 0.2) is 11.5 Å². The minimum atomic E-state index is 0.270. The molecule has 1 heterocycles. The highest BCUT2D eigenvalue weighted by Gasteiger charge is 2.18. The fourth-order valence-electron chi connectivity index (χ4n) is 2.07. The predicted octanol–water partition coefficient (Wildman–Crippen LogP) is 2.36. The van der Waals surface area contributed by atoms with E-state index in [-0.39, 0.29) is 6.10 Å². The third kappa shape index (κ3) is 3.31. The Labute approximate surface area is 112 Å². The zero-order valence-corrected chi connectivity index (χ0v) is 11.4.